The highest BCUT2D eigenvalue weighted by molar-refractivity contribution is 5.98. The van der Waals surface area contributed by atoms with Crippen LogP contribution in [-0.2, 0) is 6.42 Å². The molecule has 3 heterocycles. The molecular formula is C22H30N6O2. The third-order valence-electron chi connectivity index (χ3n) is 6.34. The summed E-state index contributed by atoms with van der Waals surface area (Å²) in [5, 5.41) is 6.70. The summed E-state index contributed by atoms with van der Waals surface area (Å²) >= 11 is 0. The van der Waals surface area contributed by atoms with Gasteiger partial charge in [0.25, 0.3) is 5.91 Å². The van der Waals surface area contributed by atoms with Crippen LogP contribution in [0.4, 0.5) is 10.6 Å². The van der Waals surface area contributed by atoms with E-state index < -0.39 is 5.91 Å². The lowest BCUT2D eigenvalue weighted by atomic mass is 9.88. The Morgan fingerprint density at radius 1 is 1.00 bits per heavy atom. The number of nitrogens with zero attached hydrogens (tertiary/aromatic N) is 3. The van der Waals surface area contributed by atoms with Gasteiger partial charge in [-0.1, -0.05) is 24.3 Å². The number of nitrogens with one attached hydrogen (secondary N) is 1. The molecule has 2 aromatic rings. The van der Waals surface area contributed by atoms with Gasteiger partial charge in [0, 0.05) is 32.6 Å². The number of aromatic amines is 1. The third-order valence-corrected chi connectivity index (χ3v) is 6.34. The molecule has 5 N–H and O–H groups in total. The predicted molar refractivity (Wildman–Crippen MR) is 115 cm³/mol. The first-order chi connectivity index (χ1) is 14.5. The predicted octanol–water partition coefficient (Wildman–Crippen LogP) is 2.47. The van der Waals surface area contributed by atoms with Crippen molar-refractivity contribution in [1.29, 1.82) is 0 Å². The van der Waals surface area contributed by atoms with Crippen LogP contribution >= 0.6 is 0 Å². The molecule has 4 rings (SSSR count). The molecular weight excluding hydrogens is 380 g/mol. The molecule has 8 nitrogen and oxygen atoms in total. The number of anilines is 1. The van der Waals surface area contributed by atoms with E-state index in [1.807, 2.05) is 9.80 Å². The average molecular weight is 411 g/mol. The minimum absolute atomic E-state index is 0.139. The minimum Gasteiger partial charge on any atom is -0.382 e. The first-order valence-electron chi connectivity index (χ1n) is 10.8. The van der Waals surface area contributed by atoms with Crippen molar-refractivity contribution >= 4 is 17.8 Å². The maximum Gasteiger partial charge on any atom is 0.319 e. The van der Waals surface area contributed by atoms with Crippen molar-refractivity contribution in [3.63, 3.8) is 0 Å². The number of rotatable bonds is 4. The van der Waals surface area contributed by atoms with E-state index >= 15 is 0 Å². The Hall–Kier alpha value is -3.03. The zero-order valence-corrected chi connectivity index (χ0v) is 17.3. The standard InChI is InChI=1S/C22H30N6O2/c23-20-19(21(24)29)18(25-26-20)14-15-4-6-16(7-5-15)17-8-12-28(13-9-17)22(30)27-10-2-1-3-11-27/h4-7,17H,1-3,8-14H2,(H2,24,29)(H3,23,25,26). The number of aromatic nitrogens is 2. The number of carbonyl (C=O) groups is 2. The van der Waals surface area contributed by atoms with Gasteiger partial charge in [0.2, 0.25) is 0 Å². The Kier molecular flexibility index (Phi) is 5.92. The molecule has 1 aromatic carbocycles. The number of hydrogen-bond donors (Lipinski definition) is 3. The number of carbonyl (C=O) groups excluding carboxylic acids is 2. The molecule has 0 radical (unpaired) electrons. The molecule has 1 aromatic heterocycles. The normalized spacial score (nSPS) is 17.9. The number of piperidine rings is 2. The summed E-state index contributed by atoms with van der Waals surface area (Å²) in [4.78, 5) is 28.3. The van der Waals surface area contributed by atoms with Crippen molar-refractivity contribution in [3.05, 3.63) is 46.6 Å². The van der Waals surface area contributed by atoms with E-state index in [9.17, 15) is 9.59 Å². The van der Waals surface area contributed by atoms with Gasteiger partial charge in [-0.15, -0.1) is 0 Å². The van der Waals surface area contributed by atoms with Crippen LogP contribution in [0.5, 0.6) is 0 Å². The van der Waals surface area contributed by atoms with Crippen molar-refractivity contribution in [2.24, 2.45) is 5.73 Å². The molecule has 0 atom stereocenters. The van der Waals surface area contributed by atoms with Crippen LogP contribution in [0.15, 0.2) is 24.3 Å². The lowest BCUT2D eigenvalue weighted by molar-refractivity contribution is 0.100. The molecule has 0 bridgehead atoms. The average Bonchev–Trinajstić information content (AvgIpc) is 3.14. The first-order valence-corrected chi connectivity index (χ1v) is 10.8. The molecule has 160 valence electrons. The highest BCUT2D eigenvalue weighted by Crippen LogP contribution is 2.29. The third kappa shape index (κ3) is 4.27. The largest absolute Gasteiger partial charge is 0.382 e. The van der Waals surface area contributed by atoms with Gasteiger partial charge in [-0.2, -0.15) is 5.10 Å². The van der Waals surface area contributed by atoms with Crippen LogP contribution in [0.25, 0.3) is 0 Å². The molecule has 2 aliphatic heterocycles. The Morgan fingerprint density at radius 3 is 2.27 bits per heavy atom. The summed E-state index contributed by atoms with van der Waals surface area (Å²) in [5.41, 5.74) is 14.4. The van der Waals surface area contributed by atoms with E-state index in [0.717, 1.165) is 57.4 Å². The van der Waals surface area contributed by atoms with Gasteiger partial charge in [-0.25, -0.2) is 4.79 Å². The number of hydrogen-bond acceptors (Lipinski definition) is 4. The fourth-order valence-corrected chi connectivity index (χ4v) is 4.60. The monoisotopic (exact) mass is 410 g/mol. The Balaban J connectivity index is 1.34. The first kappa shape index (κ1) is 20.3. The van der Waals surface area contributed by atoms with E-state index in [-0.39, 0.29) is 17.4 Å². The number of H-pyrrole nitrogens is 1. The van der Waals surface area contributed by atoms with Crippen molar-refractivity contribution in [1.82, 2.24) is 20.0 Å². The van der Waals surface area contributed by atoms with E-state index in [4.69, 9.17) is 11.5 Å². The fraction of sp³-hybridized carbons (Fsp3) is 0.500. The highest BCUT2D eigenvalue weighted by Gasteiger charge is 2.27. The topological polar surface area (TPSA) is 121 Å². The molecule has 3 amide bonds. The molecule has 0 saturated carbocycles. The number of urea groups is 1. The van der Waals surface area contributed by atoms with Gasteiger partial charge in [0.1, 0.15) is 5.56 Å². The van der Waals surface area contributed by atoms with Crippen LogP contribution < -0.4 is 11.5 Å². The number of primary amides is 1. The van der Waals surface area contributed by atoms with Crippen molar-refractivity contribution in [2.45, 2.75) is 44.4 Å². The van der Waals surface area contributed by atoms with E-state index in [1.54, 1.807) is 0 Å². The number of nitrogen functional groups attached to an aromatic ring is 1. The van der Waals surface area contributed by atoms with Gasteiger partial charge in [0.15, 0.2) is 5.82 Å². The summed E-state index contributed by atoms with van der Waals surface area (Å²) in [6.07, 6.45) is 5.98. The second-order valence-corrected chi connectivity index (χ2v) is 8.34. The fourth-order valence-electron chi connectivity index (χ4n) is 4.60. The number of benzene rings is 1. The SMILES string of the molecule is NC(=O)c1c(N)n[nH]c1Cc1ccc(C2CCN(C(=O)N3CCCCC3)CC2)cc1. The van der Waals surface area contributed by atoms with Crippen molar-refractivity contribution < 1.29 is 9.59 Å². The molecule has 8 heteroatoms. The summed E-state index contributed by atoms with van der Waals surface area (Å²) in [6.45, 7) is 3.44. The summed E-state index contributed by atoms with van der Waals surface area (Å²) in [5.74, 6) is 0.0344. The van der Waals surface area contributed by atoms with Crippen LogP contribution in [0.2, 0.25) is 0 Å². The Labute approximate surface area is 176 Å². The quantitative estimate of drug-likeness (QED) is 0.717. The van der Waals surface area contributed by atoms with Crippen LogP contribution in [0.3, 0.4) is 0 Å². The summed E-state index contributed by atoms with van der Waals surface area (Å²) < 4.78 is 0. The smallest absolute Gasteiger partial charge is 0.319 e. The van der Waals surface area contributed by atoms with Crippen LogP contribution in [0.1, 0.15) is 65.2 Å². The molecule has 0 spiro atoms. The van der Waals surface area contributed by atoms with E-state index in [0.29, 0.717) is 18.0 Å². The molecule has 0 unspecified atom stereocenters. The summed E-state index contributed by atoms with van der Waals surface area (Å²) in [7, 11) is 0. The molecule has 30 heavy (non-hydrogen) atoms. The molecule has 2 saturated heterocycles. The maximum absolute atomic E-state index is 12.7. The number of amides is 3. The van der Waals surface area contributed by atoms with Gasteiger partial charge in [-0.3, -0.25) is 9.89 Å². The highest BCUT2D eigenvalue weighted by atomic mass is 16.2. The van der Waals surface area contributed by atoms with Gasteiger partial charge in [0.05, 0.1) is 5.69 Å². The van der Waals surface area contributed by atoms with Gasteiger partial charge < -0.3 is 21.3 Å². The van der Waals surface area contributed by atoms with Crippen molar-refractivity contribution in [2.75, 3.05) is 31.9 Å². The van der Waals surface area contributed by atoms with E-state index in [2.05, 4.69) is 34.5 Å². The molecule has 0 aliphatic carbocycles. The molecule has 2 fully saturated rings. The second kappa shape index (κ2) is 8.77. The van der Waals surface area contributed by atoms with Gasteiger partial charge >= 0.3 is 6.03 Å². The van der Waals surface area contributed by atoms with Crippen LogP contribution in [-0.4, -0.2) is 58.1 Å². The zero-order chi connectivity index (χ0) is 21.1. The maximum atomic E-state index is 12.7. The number of likely N-dealkylation sites (tertiary alicyclic amines) is 2. The number of nitrogens with two attached hydrogens (primary N) is 2. The minimum atomic E-state index is -0.571. The lowest BCUT2D eigenvalue weighted by Crippen LogP contribution is -2.48. The lowest BCUT2D eigenvalue weighted by Gasteiger charge is -2.37. The molecule has 2 aliphatic rings. The Bertz CT molecular complexity index is 893. The zero-order valence-electron chi connectivity index (χ0n) is 17.3. The van der Waals surface area contributed by atoms with Crippen molar-refractivity contribution in [3.8, 4) is 0 Å². The van der Waals surface area contributed by atoms with Crippen LogP contribution in [0, 0.1) is 0 Å². The van der Waals surface area contributed by atoms with Gasteiger partial charge in [-0.05, 0) is 49.1 Å². The summed E-state index contributed by atoms with van der Waals surface area (Å²) in [6, 6.07) is 8.65. The Morgan fingerprint density at radius 2 is 1.63 bits per heavy atom. The second-order valence-electron chi connectivity index (χ2n) is 8.34. The van der Waals surface area contributed by atoms with E-state index in [1.165, 1.54) is 12.0 Å².